The van der Waals surface area contributed by atoms with Crippen LogP contribution in [0.15, 0.2) is 0 Å². The normalized spacial score (nSPS) is 30.9. The smallest absolute Gasteiger partial charge is 0.237 e. The maximum Gasteiger partial charge on any atom is 0.237 e. The van der Waals surface area contributed by atoms with E-state index in [2.05, 4.69) is 10.2 Å². The van der Waals surface area contributed by atoms with Gasteiger partial charge in [0.05, 0.1) is 6.04 Å². The molecule has 0 bridgehead atoms. The van der Waals surface area contributed by atoms with Crippen molar-refractivity contribution in [1.29, 1.82) is 0 Å². The quantitative estimate of drug-likeness (QED) is 0.682. The van der Waals surface area contributed by atoms with Gasteiger partial charge in [-0.2, -0.15) is 0 Å². The lowest BCUT2D eigenvalue weighted by atomic mass is 10.0. The third-order valence-electron chi connectivity index (χ3n) is 3.34. The molecular formula is C11H20N2O. The number of rotatable bonds is 1. The van der Waals surface area contributed by atoms with Gasteiger partial charge in [-0.25, -0.2) is 0 Å². The van der Waals surface area contributed by atoms with Crippen LogP contribution in [0.2, 0.25) is 0 Å². The Kier molecular flexibility index (Phi) is 3.40. The fourth-order valence-corrected chi connectivity index (χ4v) is 2.50. The van der Waals surface area contributed by atoms with E-state index in [4.69, 9.17) is 0 Å². The Balaban J connectivity index is 1.95. The maximum atomic E-state index is 11.8. The first-order valence-electron chi connectivity index (χ1n) is 5.90. The summed E-state index contributed by atoms with van der Waals surface area (Å²) in [4.78, 5) is 14.1. The van der Waals surface area contributed by atoms with Crippen molar-refractivity contribution >= 4 is 5.91 Å². The molecule has 1 unspecified atom stereocenters. The van der Waals surface area contributed by atoms with Crippen molar-refractivity contribution in [1.82, 2.24) is 10.2 Å². The third-order valence-corrected chi connectivity index (χ3v) is 3.34. The molecule has 14 heavy (non-hydrogen) atoms. The minimum atomic E-state index is 0.179. The van der Waals surface area contributed by atoms with Crippen LogP contribution in [0, 0.1) is 0 Å². The molecule has 1 amide bonds. The van der Waals surface area contributed by atoms with E-state index in [0.29, 0.717) is 0 Å². The molecule has 0 spiro atoms. The highest BCUT2D eigenvalue weighted by Gasteiger charge is 2.27. The number of carbonyl (C=O) groups excluding carboxylic acids is 1. The number of hydrogen-bond donors (Lipinski definition) is 1. The van der Waals surface area contributed by atoms with Crippen molar-refractivity contribution in [2.45, 2.75) is 44.6 Å². The molecule has 0 aromatic heterocycles. The molecule has 0 aliphatic carbocycles. The lowest BCUT2D eigenvalue weighted by molar-refractivity contribution is -0.126. The van der Waals surface area contributed by atoms with Crippen LogP contribution in [0.1, 0.15) is 38.5 Å². The summed E-state index contributed by atoms with van der Waals surface area (Å²) in [6.45, 7) is 3.12. The number of carbonyl (C=O) groups is 1. The van der Waals surface area contributed by atoms with Crippen LogP contribution in [-0.4, -0.2) is 36.5 Å². The summed E-state index contributed by atoms with van der Waals surface area (Å²) < 4.78 is 0. The van der Waals surface area contributed by atoms with Crippen LogP contribution >= 0.6 is 0 Å². The van der Waals surface area contributed by atoms with E-state index in [1.807, 2.05) is 0 Å². The number of amides is 1. The average molecular weight is 196 g/mol. The van der Waals surface area contributed by atoms with E-state index >= 15 is 0 Å². The van der Waals surface area contributed by atoms with Crippen LogP contribution in [0.25, 0.3) is 0 Å². The summed E-state index contributed by atoms with van der Waals surface area (Å²) >= 11 is 0. The Morgan fingerprint density at radius 1 is 1.07 bits per heavy atom. The summed E-state index contributed by atoms with van der Waals surface area (Å²) in [5.41, 5.74) is 0. The summed E-state index contributed by atoms with van der Waals surface area (Å²) in [5.74, 6) is 0.268. The van der Waals surface area contributed by atoms with E-state index in [-0.39, 0.29) is 11.9 Å². The second-order valence-electron chi connectivity index (χ2n) is 4.40. The third kappa shape index (κ3) is 2.27. The molecule has 2 fully saturated rings. The van der Waals surface area contributed by atoms with E-state index < -0.39 is 0 Å². The molecule has 1 N–H and O–H groups in total. The summed E-state index contributed by atoms with van der Waals surface area (Å²) in [6, 6.07) is 0.179. The second-order valence-corrected chi connectivity index (χ2v) is 4.40. The molecule has 2 saturated heterocycles. The Hall–Kier alpha value is -0.570. The molecular weight excluding hydrogens is 176 g/mol. The van der Waals surface area contributed by atoms with Gasteiger partial charge in [-0.15, -0.1) is 0 Å². The van der Waals surface area contributed by atoms with Gasteiger partial charge in [0, 0.05) is 6.54 Å². The summed E-state index contributed by atoms with van der Waals surface area (Å²) in [7, 11) is 0. The first-order valence-corrected chi connectivity index (χ1v) is 5.90. The largest absolute Gasteiger partial charge is 0.355 e. The first-order chi connectivity index (χ1) is 6.88. The zero-order valence-electron chi connectivity index (χ0n) is 8.80. The fraction of sp³-hybridized carbons (Fsp3) is 0.909. The lowest BCUT2D eigenvalue weighted by Crippen LogP contribution is -2.47. The van der Waals surface area contributed by atoms with Gasteiger partial charge in [-0.1, -0.05) is 6.42 Å². The number of nitrogens with one attached hydrogen (secondary N) is 1. The zero-order chi connectivity index (χ0) is 9.80. The van der Waals surface area contributed by atoms with Crippen LogP contribution in [-0.2, 0) is 4.79 Å². The van der Waals surface area contributed by atoms with E-state index in [0.717, 1.165) is 32.5 Å². The van der Waals surface area contributed by atoms with E-state index in [1.165, 1.54) is 25.7 Å². The standard InChI is InChI=1S/C11H20N2O/c14-11-10(6-2-3-7-12-11)13-8-4-1-5-9-13/h10H,1-9H2,(H,12,14). The molecule has 2 rings (SSSR count). The molecule has 0 saturated carbocycles. The van der Waals surface area contributed by atoms with Gasteiger partial charge in [0.25, 0.3) is 0 Å². The molecule has 2 aliphatic rings. The molecule has 2 aliphatic heterocycles. The van der Waals surface area contributed by atoms with Crippen molar-refractivity contribution in [3.05, 3.63) is 0 Å². The predicted octanol–water partition coefficient (Wildman–Crippen LogP) is 1.14. The van der Waals surface area contributed by atoms with Crippen molar-refractivity contribution in [2.75, 3.05) is 19.6 Å². The molecule has 0 aromatic rings. The summed E-state index contributed by atoms with van der Waals surface area (Å²) in [5, 5.41) is 3.01. The van der Waals surface area contributed by atoms with E-state index in [9.17, 15) is 4.79 Å². The monoisotopic (exact) mass is 196 g/mol. The Labute approximate surface area is 85.8 Å². The van der Waals surface area contributed by atoms with Crippen LogP contribution in [0.3, 0.4) is 0 Å². The Morgan fingerprint density at radius 2 is 1.86 bits per heavy atom. The molecule has 3 heteroatoms. The van der Waals surface area contributed by atoms with Crippen LogP contribution in [0.5, 0.6) is 0 Å². The van der Waals surface area contributed by atoms with Crippen molar-refractivity contribution < 1.29 is 4.79 Å². The molecule has 80 valence electrons. The molecule has 3 nitrogen and oxygen atoms in total. The lowest BCUT2D eigenvalue weighted by Gasteiger charge is -2.32. The number of piperidine rings is 1. The molecule has 2 heterocycles. The van der Waals surface area contributed by atoms with Gasteiger partial charge in [0.15, 0.2) is 0 Å². The maximum absolute atomic E-state index is 11.8. The number of likely N-dealkylation sites (tertiary alicyclic amines) is 1. The predicted molar refractivity (Wildman–Crippen MR) is 56.1 cm³/mol. The summed E-state index contributed by atoms with van der Waals surface area (Å²) in [6.07, 6.45) is 7.28. The highest BCUT2D eigenvalue weighted by molar-refractivity contribution is 5.81. The molecule has 0 radical (unpaired) electrons. The minimum absolute atomic E-state index is 0.179. The van der Waals surface area contributed by atoms with Crippen LogP contribution in [0.4, 0.5) is 0 Å². The average Bonchev–Trinajstić information content (AvgIpc) is 2.44. The van der Waals surface area contributed by atoms with Gasteiger partial charge < -0.3 is 5.32 Å². The highest BCUT2D eigenvalue weighted by atomic mass is 16.2. The van der Waals surface area contributed by atoms with Crippen LogP contribution < -0.4 is 5.32 Å². The Bertz CT molecular complexity index is 199. The van der Waals surface area contributed by atoms with Gasteiger partial charge >= 0.3 is 0 Å². The van der Waals surface area contributed by atoms with Crippen molar-refractivity contribution in [3.8, 4) is 0 Å². The first kappa shape index (κ1) is 9.97. The molecule has 0 aromatic carbocycles. The molecule has 1 atom stereocenters. The Morgan fingerprint density at radius 3 is 2.64 bits per heavy atom. The second kappa shape index (κ2) is 4.78. The highest BCUT2D eigenvalue weighted by Crippen LogP contribution is 2.17. The topological polar surface area (TPSA) is 32.3 Å². The van der Waals surface area contributed by atoms with Crippen molar-refractivity contribution in [3.63, 3.8) is 0 Å². The minimum Gasteiger partial charge on any atom is -0.355 e. The SMILES string of the molecule is O=C1NCCCCC1N1CCCCC1. The zero-order valence-corrected chi connectivity index (χ0v) is 8.80. The van der Waals surface area contributed by atoms with Gasteiger partial charge in [-0.05, 0) is 45.2 Å². The van der Waals surface area contributed by atoms with Crippen molar-refractivity contribution in [2.24, 2.45) is 0 Å². The van der Waals surface area contributed by atoms with E-state index in [1.54, 1.807) is 0 Å². The van der Waals surface area contributed by atoms with Gasteiger partial charge in [-0.3, -0.25) is 9.69 Å². The van der Waals surface area contributed by atoms with Gasteiger partial charge in [0.1, 0.15) is 0 Å². The fourth-order valence-electron chi connectivity index (χ4n) is 2.50. The van der Waals surface area contributed by atoms with Gasteiger partial charge in [0.2, 0.25) is 5.91 Å². The number of hydrogen-bond acceptors (Lipinski definition) is 2. The number of nitrogens with zero attached hydrogens (tertiary/aromatic N) is 1.